The van der Waals surface area contributed by atoms with E-state index in [4.69, 9.17) is 10.2 Å². The lowest BCUT2D eigenvalue weighted by Crippen LogP contribution is -2.52. The fraction of sp³-hybridized carbons (Fsp3) is 0.769. The number of aliphatic carboxylic acids is 2. The molecule has 8 nitrogen and oxygen atoms in total. The van der Waals surface area contributed by atoms with Crippen LogP contribution in [0.3, 0.4) is 0 Å². The van der Waals surface area contributed by atoms with Crippen LogP contribution in [0.4, 0.5) is 4.79 Å². The van der Waals surface area contributed by atoms with Crippen LogP contribution in [0.1, 0.15) is 26.2 Å². The number of rotatable bonds is 6. The number of carbonyl (C=O) groups is 3. The van der Waals surface area contributed by atoms with E-state index in [-0.39, 0.29) is 6.04 Å². The van der Waals surface area contributed by atoms with Gasteiger partial charge < -0.3 is 25.3 Å². The molecule has 0 spiro atoms. The topological polar surface area (TPSA) is 110 Å². The molecule has 3 N–H and O–H groups in total. The van der Waals surface area contributed by atoms with E-state index in [0.29, 0.717) is 0 Å². The van der Waals surface area contributed by atoms with Gasteiger partial charge >= 0.3 is 18.0 Å². The predicted molar refractivity (Wildman–Crippen MR) is 75.1 cm³/mol. The van der Waals surface area contributed by atoms with Crippen LogP contribution in [-0.4, -0.2) is 76.7 Å². The second-order valence-corrected chi connectivity index (χ2v) is 5.21. The third-order valence-electron chi connectivity index (χ3n) is 3.85. The first-order chi connectivity index (χ1) is 9.85. The maximum atomic E-state index is 12.0. The standard InChI is InChI=1S/C13H23N3O5/c1-3-16-6-4-9(5-7-16)15(2)13(21)14-10(12(19)20)8-11(17)18/h9-10H,3-8H2,1-2H3,(H,14,21)(H,17,18)(H,19,20)/t10-/m0/s1. The molecule has 1 aliphatic rings. The third-order valence-corrected chi connectivity index (χ3v) is 3.85. The van der Waals surface area contributed by atoms with Crippen molar-refractivity contribution in [2.75, 3.05) is 26.7 Å². The molecular formula is C13H23N3O5. The van der Waals surface area contributed by atoms with Gasteiger partial charge in [0.15, 0.2) is 0 Å². The molecule has 0 radical (unpaired) electrons. The summed E-state index contributed by atoms with van der Waals surface area (Å²) in [5.74, 6) is -2.61. The average molecular weight is 301 g/mol. The van der Waals surface area contributed by atoms with Gasteiger partial charge in [0.25, 0.3) is 0 Å². The van der Waals surface area contributed by atoms with Crippen LogP contribution in [0.25, 0.3) is 0 Å². The zero-order valence-corrected chi connectivity index (χ0v) is 12.4. The molecule has 21 heavy (non-hydrogen) atoms. The van der Waals surface area contributed by atoms with Gasteiger partial charge in [0.1, 0.15) is 6.04 Å². The van der Waals surface area contributed by atoms with Crippen LogP contribution in [0.2, 0.25) is 0 Å². The zero-order chi connectivity index (χ0) is 16.0. The van der Waals surface area contributed by atoms with Gasteiger partial charge in [-0.2, -0.15) is 0 Å². The van der Waals surface area contributed by atoms with E-state index >= 15 is 0 Å². The minimum absolute atomic E-state index is 0.0482. The number of carboxylic acids is 2. The molecule has 0 aromatic carbocycles. The smallest absolute Gasteiger partial charge is 0.326 e. The van der Waals surface area contributed by atoms with Crippen molar-refractivity contribution in [1.29, 1.82) is 0 Å². The summed E-state index contributed by atoms with van der Waals surface area (Å²) in [7, 11) is 1.61. The Morgan fingerprint density at radius 2 is 1.86 bits per heavy atom. The number of carboxylic acid groups (broad SMARTS) is 2. The molecule has 0 unspecified atom stereocenters. The summed E-state index contributed by atoms with van der Waals surface area (Å²) in [6.45, 7) is 4.86. The summed E-state index contributed by atoms with van der Waals surface area (Å²) in [5, 5.41) is 19.8. The molecule has 8 heteroatoms. The Hall–Kier alpha value is -1.83. The lowest BCUT2D eigenvalue weighted by Gasteiger charge is -2.36. The van der Waals surface area contributed by atoms with Gasteiger partial charge in [-0.1, -0.05) is 6.92 Å². The van der Waals surface area contributed by atoms with Gasteiger partial charge in [-0.25, -0.2) is 9.59 Å². The van der Waals surface area contributed by atoms with Crippen molar-refractivity contribution in [1.82, 2.24) is 15.1 Å². The first-order valence-corrected chi connectivity index (χ1v) is 7.05. The number of piperidine rings is 1. The Bertz CT molecular complexity index is 393. The fourth-order valence-corrected chi connectivity index (χ4v) is 2.41. The molecule has 1 aliphatic heterocycles. The highest BCUT2D eigenvalue weighted by molar-refractivity contribution is 5.86. The number of nitrogens with zero attached hydrogens (tertiary/aromatic N) is 2. The van der Waals surface area contributed by atoms with Crippen molar-refractivity contribution in [3.05, 3.63) is 0 Å². The van der Waals surface area contributed by atoms with Crippen LogP contribution < -0.4 is 5.32 Å². The summed E-state index contributed by atoms with van der Waals surface area (Å²) in [6.07, 6.45) is 1.02. The van der Waals surface area contributed by atoms with Gasteiger partial charge in [0.2, 0.25) is 0 Å². The summed E-state index contributed by atoms with van der Waals surface area (Å²) in [4.78, 5) is 37.3. The normalized spacial score (nSPS) is 18.0. The van der Waals surface area contributed by atoms with Crippen LogP contribution >= 0.6 is 0 Å². The van der Waals surface area contributed by atoms with Crippen molar-refractivity contribution in [2.45, 2.75) is 38.3 Å². The third kappa shape index (κ3) is 5.22. The van der Waals surface area contributed by atoms with E-state index in [2.05, 4.69) is 17.1 Å². The molecular weight excluding hydrogens is 278 g/mol. The van der Waals surface area contributed by atoms with Crippen molar-refractivity contribution < 1.29 is 24.6 Å². The second-order valence-electron chi connectivity index (χ2n) is 5.21. The average Bonchev–Trinajstić information content (AvgIpc) is 2.45. The molecule has 1 saturated heterocycles. The van der Waals surface area contributed by atoms with E-state index < -0.39 is 30.4 Å². The highest BCUT2D eigenvalue weighted by Crippen LogP contribution is 2.15. The predicted octanol–water partition coefficient (Wildman–Crippen LogP) is 0.0400. The summed E-state index contributed by atoms with van der Waals surface area (Å²) in [5.41, 5.74) is 0. The van der Waals surface area contributed by atoms with Crippen LogP contribution in [0, 0.1) is 0 Å². The van der Waals surface area contributed by atoms with Gasteiger partial charge in [-0.3, -0.25) is 4.79 Å². The Balaban J connectivity index is 2.53. The maximum absolute atomic E-state index is 12.0. The lowest BCUT2D eigenvalue weighted by atomic mass is 10.0. The molecule has 120 valence electrons. The first kappa shape index (κ1) is 17.2. The van der Waals surface area contributed by atoms with E-state index in [1.54, 1.807) is 7.05 Å². The van der Waals surface area contributed by atoms with E-state index in [0.717, 1.165) is 32.5 Å². The number of likely N-dealkylation sites (tertiary alicyclic amines) is 1. The fourth-order valence-electron chi connectivity index (χ4n) is 2.41. The molecule has 0 aliphatic carbocycles. The largest absolute Gasteiger partial charge is 0.481 e. The molecule has 1 heterocycles. The molecule has 1 fully saturated rings. The molecule has 0 bridgehead atoms. The Morgan fingerprint density at radius 1 is 1.29 bits per heavy atom. The number of hydrogen-bond donors (Lipinski definition) is 3. The van der Waals surface area contributed by atoms with Gasteiger partial charge in [-0.05, 0) is 19.4 Å². The maximum Gasteiger partial charge on any atom is 0.326 e. The summed E-state index contributed by atoms with van der Waals surface area (Å²) in [6, 6.07) is -1.90. The minimum Gasteiger partial charge on any atom is -0.481 e. The molecule has 2 amide bonds. The molecule has 1 rings (SSSR count). The summed E-state index contributed by atoms with van der Waals surface area (Å²) < 4.78 is 0. The monoisotopic (exact) mass is 301 g/mol. The molecule has 0 aromatic rings. The van der Waals surface area contributed by atoms with E-state index in [1.807, 2.05) is 0 Å². The number of carbonyl (C=O) groups excluding carboxylic acids is 1. The van der Waals surface area contributed by atoms with E-state index in [9.17, 15) is 14.4 Å². The quantitative estimate of drug-likeness (QED) is 0.639. The van der Waals surface area contributed by atoms with Gasteiger partial charge in [-0.15, -0.1) is 0 Å². The van der Waals surface area contributed by atoms with Crippen molar-refractivity contribution >= 4 is 18.0 Å². The molecule has 0 aromatic heterocycles. The van der Waals surface area contributed by atoms with Gasteiger partial charge in [0, 0.05) is 26.2 Å². The SMILES string of the molecule is CCN1CCC(N(C)C(=O)N[C@@H](CC(=O)O)C(=O)O)CC1. The number of nitrogens with one attached hydrogen (secondary N) is 1. The molecule has 0 saturated carbocycles. The highest BCUT2D eigenvalue weighted by atomic mass is 16.4. The van der Waals surface area contributed by atoms with Crippen molar-refractivity contribution in [3.8, 4) is 0 Å². The summed E-state index contributed by atoms with van der Waals surface area (Å²) >= 11 is 0. The molecule has 1 atom stereocenters. The number of urea groups is 1. The second kappa shape index (κ2) is 7.82. The first-order valence-electron chi connectivity index (χ1n) is 7.05. The zero-order valence-electron chi connectivity index (χ0n) is 12.4. The van der Waals surface area contributed by atoms with Crippen LogP contribution in [0.15, 0.2) is 0 Å². The van der Waals surface area contributed by atoms with Crippen LogP contribution in [0.5, 0.6) is 0 Å². The Kier molecular flexibility index (Phi) is 6.41. The van der Waals surface area contributed by atoms with E-state index in [1.165, 1.54) is 4.90 Å². The Morgan fingerprint density at radius 3 is 2.29 bits per heavy atom. The highest BCUT2D eigenvalue weighted by Gasteiger charge is 2.28. The number of hydrogen-bond acceptors (Lipinski definition) is 4. The Labute approximate surface area is 123 Å². The van der Waals surface area contributed by atoms with Crippen molar-refractivity contribution in [2.24, 2.45) is 0 Å². The van der Waals surface area contributed by atoms with Crippen molar-refractivity contribution in [3.63, 3.8) is 0 Å². The minimum atomic E-state index is -1.41. The van der Waals surface area contributed by atoms with Gasteiger partial charge in [0.05, 0.1) is 6.42 Å². The number of amides is 2. The lowest BCUT2D eigenvalue weighted by molar-refractivity contribution is -0.145. The van der Waals surface area contributed by atoms with Crippen LogP contribution in [-0.2, 0) is 9.59 Å².